The number of fused-ring (bicyclic) bond motifs is 1. The fraction of sp³-hybridized carbons (Fsp3) is 0.158. The Balaban J connectivity index is 1.88. The van der Waals surface area contributed by atoms with Gasteiger partial charge in [-0.25, -0.2) is 5.43 Å². The molecule has 1 amide bonds. The average Bonchev–Trinajstić information content (AvgIpc) is 3.15. The van der Waals surface area contributed by atoms with E-state index in [2.05, 4.69) is 17.5 Å². The third kappa shape index (κ3) is 3.63. The lowest BCUT2D eigenvalue weighted by atomic mass is 10.0. The molecule has 1 heterocycles. The maximum absolute atomic E-state index is 12.0. The van der Waals surface area contributed by atoms with Gasteiger partial charge in [-0.1, -0.05) is 43.3 Å². The third-order valence-electron chi connectivity index (χ3n) is 3.50. The van der Waals surface area contributed by atoms with Gasteiger partial charge < -0.3 is 4.74 Å². The lowest BCUT2D eigenvalue weighted by Gasteiger charge is -2.11. The summed E-state index contributed by atoms with van der Waals surface area (Å²) in [5, 5.41) is 8.13. The molecule has 0 unspecified atom stereocenters. The summed E-state index contributed by atoms with van der Waals surface area (Å²) in [6.45, 7) is 2.71. The summed E-state index contributed by atoms with van der Waals surface area (Å²) in [7, 11) is 0. The summed E-state index contributed by atoms with van der Waals surface area (Å²) in [5.41, 5.74) is 3.44. The zero-order valence-corrected chi connectivity index (χ0v) is 14.2. The van der Waals surface area contributed by atoms with Crippen LogP contribution in [-0.4, -0.2) is 18.7 Å². The van der Waals surface area contributed by atoms with Crippen molar-refractivity contribution in [3.05, 3.63) is 64.4 Å². The van der Waals surface area contributed by atoms with Crippen LogP contribution in [0.3, 0.4) is 0 Å². The van der Waals surface area contributed by atoms with Crippen LogP contribution in [0.25, 0.3) is 10.8 Å². The van der Waals surface area contributed by atoms with Crippen LogP contribution >= 0.6 is 11.3 Å². The molecule has 3 aromatic rings. The van der Waals surface area contributed by atoms with E-state index in [-0.39, 0.29) is 5.91 Å². The first-order valence-electron chi connectivity index (χ1n) is 7.81. The minimum absolute atomic E-state index is 0.211. The maximum atomic E-state index is 12.0. The lowest BCUT2D eigenvalue weighted by molar-refractivity contribution is 0.0959. The predicted octanol–water partition coefficient (Wildman–Crippen LogP) is 4.45. The summed E-state index contributed by atoms with van der Waals surface area (Å²) in [6.07, 6.45) is 2.58. The number of nitrogens with zero attached hydrogens (tertiary/aromatic N) is 1. The van der Waals surface area contributed by atoms with Gasteiger partial charge in [0.2, 0.25) is 0 Å². The zero-order chi connectivity index (χ0) is 16.8. The van der Waals surface area contributed by atoms with Crippen LogP contribution in [-0.2, 0) is 0 Å². The highest BCUT2D eigenvalue weighted by Crippen LogP contribution is 2.26. The number of hydrazone groups is 1. The molecule has 24 heavy (non-hydrogen) atoms. The monoisotopic (exact) mass is 338 g/mol. The Morgan fingerprint density at radius 3 is 2.88 bits per heavy atom. The van der Waals surface area contributed by atoms with Crippen molar-refractivity contribution in [3.8, 4) is 5.75 Å². The van der Waals surface area contributed by atoms with Crippen LogP contribution in [0.4, 0.5) is 0 Å². The van der Waals surface area contributed by atoms with E-state index in [4.69, 9.17) is 4.74 Å². The molecule has 0 radical (unpaired) electrons. The first-order valence-corrected chi connectivity index (χ1v) is 8.69. The highest BCUT2D eigenvalue weighted by atomic mass is 32.1. The summed E-state index contributed by atoms with van der Waals surface area (Å²) in [4.78, 5) is 12.6. The van der Waals surface area contributed by atoms with Gasteiger partial charge in [-0.05, 0) is 34.7 Å². The standard InChI is InChI=1S/C19H18N2O2S/c1-2-11-23-17-10-9-14-6-3-4-7-15(14)16(17)13-20-21-19(22)18-8-5-12-24-18/h3-10,12-13H,2,11H2,1H3,(H,21,22)/b20-13+. The topological polar surface area (TPSA) is 50.7 Å². The Morgan fingerprint density at radius 2 is 2.08 bits per heavy atom. The molecule has 0 spiro atoms. The third-order valence-corrected chi connectivity index (χ3v) is 4.37. The molecule has 0 saturated carbocycles. The molecular formula is C19H18N2O2S. The molecule has 0 fully saturated rings. The Bertz CT molecular complexity index is 857. The Morgan fingerprint density at radius 1 is 1.21 bits per heavy atom. The number of hydrogen-bond donors (Lipinski definition) is 1. The number of thiophene rings is 1. The second kappa shape index (κ2) is 7.75. The number of benzene rings is 2. The number of carbonyl (C=O) groups excluding carboxylic acids is 1. The smallest absolute Gasteiger partial charge is 0.281 e. The van der Waals surface area contributed by atoms with E-state index in [1.165, 1.54) is 11.3 Å². The molecule has 2 aromatic carbocycles. The van der Waals surface area contributed by atoms with E-state index >= 15 is 0 Å². The summed E-state index contributed by atoms with van der Waals surface area (Å²) >= 11 is 1.38. The molecule has 4 nitrogen and oxygen atoms in total. The number of ether oxygens (including phenoxy) is 1. The molecule has 0 saturated heterocycles. The van der Waals surface area contributed by atoms with Crippen molar-refractivity contribution in [2.75, 3.05) is 6.61 Å². The number of rotatable bonds is 6. The molecular weight excluding hydrogens is 320 g/mol. The van der Waals surface area contributed by atoms with Crippen LogP contribution < -0.4 is 10.2 Å². The zero-order valence-electron chi connectivity index (χ0n) is 13.4. The summed E-state index contributed by atoms with van der Waals surface area (Å²) in [5.74, 6) is 0.558. The van der Waals surface area contributed by atoms with E-state index in [0.717, 1.165) is 28.5 Å². The average molecular weight is 338 g/mol. The number of hydrogen-bond acceptors (Lipinski definition) is 4. The van der Waals surface area contributed by atoms with Crippen LogP contribution in [0.5, 0.6) is 5.75 Å². The van der Waals surface area contributed by atoms with Gasteiger partial charge in [-0.15, -0.1) is 11.3 Å². The minimum atomic E-state index is -0.211. The second-order valence-electron chi connectivity index (χ2n) is 5.22. The van der Waals surface area contributed by atoms with Crippen molar-refractivity contribution in [2.45, 2.75) is 13.3 Å². The van der Waals surface area contributed by atoms with Crippen molar-refractivity contribution in [1.82, 2.24) is 5.43 Å². The molecule has 1 aromatic heterocycles. The van der Waals surface area contributed by atoms with E-state index < -0.39 is 0 Å². The van der Waals surface area contributed by atoms with E-state index in [1.807, 2.05) is 47.8 Å². The van der Waals surface area contributed by atoms with Gasteiger partial charge in [0.25, 0.3) is 5.91 Å². The highest BCUT2D eigenvalue weighted by Gasteiger charge is 2.08. The van der Waals surface area contributed by atoms with Gasteiger partial charge >= 0.3 is 0 Å². The van der Waals surface area contributed by atoms with E-state index in [9.17, 15) is 4.79 Å². The van der Waals surface area contributed by atoms with Gasteiger partial charge in [0.15, 0.2) is 0 Å². The van der Waals surface area contributed by atoms with Gasteiger partial charge in [-0.3, -0.25) is 4.79 Å². The Labute approximate surface area is 144 Å². The molecule has 0 atom stereocenters. The van der Waals surface area contributed by atoms with Crippen LogP contribution in [0.1, 0.15) is 28.6 Å². The van der Waals surface area contributed by atoms with Crippen molar-refractivity contribution in [1.29, 1.82) is 0 Å². The highest BCUT2D eigenvalue weighted by molar-refractivity contribution is 7.12. The van der Waals surface area contributed by atoms with Gasteiger partial charge in [0.1, 0.15) is 5.75 Å². The maximum Gasteiger partial charge on any atom is 0.281 e. The SMILES string of the molecule is CCCOc1ccc2ccccc2c1/C=N/NC(=O)c1cccs1. The summed E-state index contributed by atoms with van der Waals surface area (Å²) < 4.78 is 5.82. The van der Waals surface area contributed by atoms with Crippen LogP contribution in [0, 0.1) is 0 Å². The lowest BCUT2D eigenvalue weighted by Crippen LogP contribution is -2.16. The fourth-order valence-electron chi connectivity index (χ4n) is 2.36. The predicted molar refractivity (Wildman–Crippen MR) is 99.1 cm³/mol. The van der Waals surface area contributed by atoms with Crippen LogP contribution in [0.2, 0.25) is 0 Å². The molecule has 5 heteroatoms. The quantitative estimate of drug-likeness (QED) is 0.533. The Kier molecular flexibility index (Phi) is 5.23. The number of nitrogens with one attached hydrogen (secondary N) is 1. The van der Waals surface area contributed by atoms with Gasteiger partial charge in [0, 0.05) is 5.56 Å². The fourth-order valence-corrected chi connectivity index (χ4v) is 2.98. The molecule has 0 aliphatic heterocycles. The van der Waals surface area contributed by atoms with Crippen molar-refractivity contribution >= 4 is 34.2 Å². The Hall–Kier alpha value is -2.66. The molecule has 0 bridgehead atoms. The minimum Gasteiger partial charge on any atom is -0.493 e. The second-order valence-corrected chi connectivity index (χ2v) is 6.17. The van der Waals surface area contributed by atoms with Gasteiger partial charge in [-0.2, -0.15) is 5.10 Å². The first kappa shape index (κ1) is 16.2. The number of carbonyl (C=O) groups is 1. The van der Waals surface area contributed by atoms with E-state index in [1.54, 1.807) is 12.3 Å². The van der Waals surface area contributed by atoms with Gasteiger partial charge in [0.05, 0.1) is 17.7 Å². The first-order chi connectivity index (χ1) is 11.8. The van der Waals surface area contributed by atoms with Crippen LogP contribution in [0.15, 0.2) is 59.0 Å². The molecule has 0 aliphatic carbocycles. The van der Waals surface area contributed by atoms with Crippen molar-refractivity contribution in [2.24, 2.45) is 5.10 Å². The normalized spacial score (nSPS) is 11.0. The molecule has 122 valence electrons. The molecule has 0 aliphatic rings. The molecule has 3 rings (SSSR count). The van der Waals surface area contributed by atoms with E-state index in [0.29, 0.717) is 11.5 Å². The van der Waals surface area contributed by atoms with Crippen molar-refractivity contribution < 1.29 is 9.53 Å². The van der Waals surface area contributed by atoms with Crippen molar-refractivity contribution in [3.63, 3.8) is 0 Å². The largest absolute Gasteiger partial charge is 0.493 e. The summed E-state index contributed by atoms with van der Waals surface area (Å²) in [6, 6.07) is 15.6. The number of amides is 1. The molecule has 1 N–H and O–H groups in total.